The number of likely N-dealkylation sites (tertiary alicyclic amines) is 2. The number of nitrogens with one attached hydrogen (secondary N) is 6. The van der Waals surface area contributed by atoms with Crippen molar-refractivity contribution in [2.24, 2.45) is 17.8 Å². The first kappa shape index (κ1) is 61.0. The molecule has 0 radical (unpaired) electrons. The van der Waals surface area contributed by atoms with Crippen molar-refractivity contribution in [1.82, 2.24) is 35.0 Å². The van der Waals surface area contributed by atoms with Gasteiger partial charge in [0.25, 0.3) is 5.91 Å². The van der Waals surface area contributed by atoms with Gasteiger partial charge in [-0.2, -0.15) is 14.0 Å². The number of ether oxygens (including phenoxy) is 1. The van der Waals surface area contributed by atoms with Crippen LogP contribution in [0.25, 0.3) is 5.65 Å². The summed E-state index contributed by atoms with van der Waals surface area (Å²) in [5.74, 6) is -5.10. The first-order chi connectivity index (χ1) is 39.8. The number of imide groups is 3. The van der Waals surface area contributed by atoms with Crippen molar-refractivity contribution in [3.63, 3.8) is 0 Å². The van der Waals surface area contributed by atoms with Gasteiger partial charge in [-0.3, -0.25) is 38.4 Å². The Balaban J connectivity index is 0.782. The van der Waals surface area contributed by atoms with Gasteiger partial charge in [0.1, 0.15) is 17.7 Å². The number of aromatic nitrogens is 3. The van der Waals surface area contributed by atoms with Crippen molar-refractivity contribution in [2.75, 3.05) is 40.6 Å². The number of fused-ring (bicyclic) bond motifs is 1. The molecule has 2 atom stereocenters. The van der Waals surface area contributed by atoms with Gasteiger partial charge >= 0.3 is 6.09 Å². The molecule has 5 aromatic rings. The highest BCUT2D eigenvalue weighted by Crippen LogP contribution is 2.37. The summed E-state index contributed by atoms with van der Waals surface area (Å²) in [6.07, 6.45) is 6.61. The topological polar surface area (TPSA) is 272 Å². The summed E-state index contributed by atoms with van der Waals surface area (Å²) in [6.45, 7) is 11.8. The zero-order chi connectivity index (χ0) is 59.5. The van der Waals surface area contributed by atoms with E-state index in [9.17, 15) is 43.2 Å². The largest absolute Gasteiger partial charge is 0.445 e. The smallest absolute Gasteiger partial charge is 0.410 e. The first-order valence-corrected chi connectivity index (χ1v) is 29.7. The lowest BCUT2D eigenvalue weighted by atomic mass is 9.80. The molecule has 24 heteroatoms. The van der Waals surface area contributed by atoms with Crippen molar-refractivity contribution in [3.05, 3.63) is 114 Å². The van der Waals surface area contributed by atoms with Crippen LogP contribution < -0.4 is 31.9 Å². The lowest BCUT2D eigenvalue weighted by Crippen LogP contribution is -2.53. The van der Waals surface area contributed by atoms with Gasteiger partial charge in [-0.1, -0.05) is 64.2 Å². The van der Waals surface area contributed by atoms with E-state index in [1.54, 1.807) is 104 Å². The van der Waals surface area contributed by atoms with Gasteiger partial charge in [-0.25, -0.2) is 14.7 Å². The number of carbonyl (C=O) groups excluding carboxylic acids is 9. The van der Waals surface area contributed by atoms with Crippen molar-refractivity contribution >= 4 is 111 Å². The Bertz CT molecular complexity index is 3250. The number of rotatable bonds is 21. The highest BCUT2D eigenvalue weighted by molar-refractivity contribution is 8.00. The van der Waals surface area contributed by atoms with Crippen molar-refractivity contribution in [1.29, 1.82) is 0 Å². The minimum Gasteiger partial charge on any atom is -0.445 e. The molecule has 0 spiro atoms. The molecule has 3 aliphatic rings. The fourth-order valence-electron chi connectivity index (χ4n) is 9.95. The number of anilines is 5. The molecule has 3 fully saturated rings. The van der Waals surface area contributed by atoms with Gasteiger partial charge in [-0.15, -0.1) is 11.8 Å². The molecule has 1 aliphatic carbocycles. The minimum absolute atomic E-state index is 0.0178. The molecule has 8 rings (SSSR count). The standard InChI is InChI=1S/C59H68FN11O10S2/c1-7-45(72)62-40-21-17-37(18-22-40)54(76)65-42-10-8-9-41(29-42)64-53-50(60)57(68-52-44(33(2)3)31-61-71(52)53)83-43-25-27-69(28-26-43)59(80)81-32-35-11-19-39(20-12-35)63-46(73)30-47(82-6)66-56(78)51(34(4)5)67-55(77)36-13-15-38(16-14-36)58(79)70-48(74)23-24-49(70)75/h7-12,17-22,29,31,33-34,36,38,43,47,51,64H,1,13-16,23-28,30,32H2,2-6H3,(H,62,72)(H,63,73)(H,65,76)(H,66,78)(H,67,77). The average Bonchev–Trinajstić information content (AvgIpc) is 3.53. The molecule has 2 aromatic heterocycles. The summed E-state index contributed by atoms with van der Waals surface area (Å²) in [7, 11) is 0. The Morgan fingerprint density at radius 2 is 1.43 bits per heavy atom. The molecular formula is C59H68FN11O10S2. The Morgan fingerprint density at radius 3 is 2.07 bits per heavy atom. The van der Waals surface area contributed by atoms with E-state index in [0.29, 0.717) is 91.1 Å². The number of hydrogen-bond acceptors (Lipinski definition) is 15. The minimum atomic E-state index is -0.885. The highest BCUT2D eigenvalue weighted by Gasteiger charge is 2.41. The van der Waals surface area contributed by atoms with Crippen molar-refractivity contribution in [2.45, 2.75) is 120 Å². The fourth-order valence-corrected chi connectivity index (χ4v) is 11.6. The van der Waals surface area contributed by atoms with Crippen LogP contribution in [-0.2, 0) is 44.9 Å². The number of piperidine rings is 1. The molecule has 2 unspecified atom stereocenters. The lowest BCUT2D eigenvalue weighted by Gasteiger charge is -2.31. The van der Waals surface area contributed by atoms with Crippen LogP contribution in [-0.4, -0.2) is 114 Å². The van der Waals surface area contributed by atoms with E-state index in [1.807, 2.05) is 13.8 Å². The highest BCUT2D eigenvalue weighted by atomic mass is 32.2. The van der Waals surface area contributed by atoms with E-state index < -0.39 is 58.8 Å². The molecule has 83 heavy (non-hydrogen) atoms. The molecule has 3 aromatic carbocycles. The fraction of sp³-hybridized carbons (Fsp3) is 0.407. The zero-order valence-electron chi connectivity index (χ0n) is 46.8. The van der Waals surface area contributed by atoms with E-state index in [-0.39, 0.29) is 77.4 Å². The second-order valence-corrected chi connectivity index (χ2v) is 23.6. The van der Waals surface area contributed by atoms with Crippen LogP contribution in [0.2, 0.25) is 0 Å². The number of amides is 9. The molecule has 2 saturated heterocycles. The normalized spacial score (nSPS) is 17.2. The summed E-state index contributed by atoms with van der Waals surface area (Å²) >= 11 is 2.57. The lowest BCUT2D eigenvalue weighted by molar-refractivity contribution is -0.153. The van der Waals surface area contributed by atoms with Crippen LogP contribution in [0.3, 0.4) is 0 Å². The summed E-state index contributed by atoms with van der Waals surface area (Å²) in [5.41, 5.74) is 4.31. The van der Waals surface area contributed by atoms with Gasteiger partial charge in [0.15, 0.2) is 17.3 Å². The molecule has 21 nitrogen and oxygen atoms in total. The summed E-state index contributed by atoms with van der Waals surface area (Å²) in [6, 6.07) is 19.2. The third-order valence-electron chi connectivity index (χ3n) is 14.7. The van der Waals surface area contributed by atoms with Gasteiger partial charge < -0.3 is 41.5 Å². The van der Waals surface area contributed by atoms with Crippen LogP contribution in [0.4, 0.5) is 37.8 Å². The van der Waals surface area contributed by atoms with Crippen LogP contribution >= 0.6 is 23.5 Å². The number of halogens is 1. The Kier molecular flexibility index (Phi) is 20.4. The second kappa shape index (κ2) is 27.8. The molecule has 6 N–H and O–H groups in total. The molecule has 2 aliphatic heterocycles. The van der Waals surface area contributed by atoms with Gasteiger partial charge in [0.2, 0.25) is 41.4 Å². The summed E-state index contributed by atoms with van der Waals surface area (Å²) < 4.78 is 23.8. The Hall–Kier alpha value is -8.12. The molecular weight excluding hydrogens is 1110 g/mol. The first-order valence-electron chi connectivity index (χ1n) is 27.6. The third kappa shape index (κ3) is 15.5. The molecule has 438 valence electrons. The van der Waals surface area contributed by atoms with E-state index in [0.717, 1.165) is 16.5 Å². The predicted molar refractivity (Wildman–Crippen MR) is 314 cm³/mol. The van der Waals surface area contributed by atoms with Crippen molar-refractivity contribution < 1.29 is 52.3 Å². The SMILES string of the molecule is C=CC(=O)Nc1ccc(C(=O)Nc2cccc(Nc3c(F)c(SC4CCN(C(=O)OCc5ccc(NC(=O)CC(NC(=O)C(NC(=O)C6CCC(C(=O)N7C(=O)CCC7=O)CC6)C(C)C)SC)cc5)CC4)nc4c(C(C)C)cnn34)c2)cc1. The van der Waals surface area contributed by atoms with E-state index in [1.165, 1.54) is 28.0 Å². The van der Waals surface area contributed by atoms with Crippen LogP contribution in [0, 0.1) is 23.6 Å². The molecule has 9 amide bonds. The van der Waals surface area contributed by atoms with Crippen LogP contribution in [0.15, 0.2) is 96.7 Å². The maximum Gasteiger partial charge on any atom is 0.410 e. The average molecular weight is 1170 g/mol. The van der Waals surface area contributed by atoms with Gasteiger partial charge in [0.05, 0.1) is 18.0 Å². The van der Waals surface area contributed by atoms with Crippen LogP contribution in [0.1, 0.15) is 113 Å². The summed E-state index contributed by atoms with van der Waals surface area (Å²) in [4.78, 5) is 122. The van der Waals surface area contributed by atoms with Gasteiger partial charge in [0, 0.05) is 76.9 Å². The third-order valence-corrected chi connectivity index (χ3v) is 16.8. The second-order valence-electron chi connectivity index (χ2n) is 21.3. The number of hydrogen-bond donors (Lipinski definition) is 6. The molecule has 1 saturated carbocycles. The van der Waals surface area contributed by atoms with Crippen molar-refractivity contribution in [3.8, 4) is 0 Å². The number of nitrogens with zero attached hydrogens (tertiary/aromatic N) is 5. The molecule has 4 heterocycles. The quantitative estimate of drug-likeness (QED) is 0.0173. The zero-order valence-corrected chi connectivity index (χ0v) is 48.5. The van der Waals surface area contributed by atoms with Crippen LogP contribution in [0.5, 0.6) is 0 Å². The maximum atomic E-state index is 16.7. The van der Waals surface area contributed by atoms with E-state index >= 15 is 4.39 Å². The maximum absolute atomic E-state index is 16.7. The Morgan fingerprint density at radius 1 is 0.795 bits per heavy atom. The summed E-state index contributed by atoms with van der Waals surface area (Å²) in [5, 5.41) is 21.3. The molecule has 0 bridgehead atoms. The number of benzene rings is 3. The van der Waals surface area contributed by atoms with Gasteiger partial charge in [-0.05, 0) is 123 Å². The van der Waals surface area contributed by atoms with E-state index in [2.05, 4.69) is 43.6 Å². The van der Waals surface area contributed by atoms with E-state index in [4.69, 9.17) is 9.72 Å². The number of thioether (sulfide) groups is 2. The Labute approximate surface area is 488 Å². The monoisotopic (exact) mass is 1170 g/mol. The number of carbonyl (C=O) groups is 9. The predicted octanol–water partition coefficient (Wildman–Crippen LogP) is 8.76.